The lowest BCUT2D eigenvalue weighted by Gasteiger charge is -2.40. The maximum atomic E-state index is 13.8. The Morgan fingerprint density at radius 3 is 2.59 bits per heavy atom. The van der Waals surface area contributed by atoms with Gasteiger partial charge in [0.15, 0.2) is 0 Å². The summed E-state index contributed by atoms with van der Waals surface area (Å²) < 4.78 is 1.51. The monoisotopic (exact) mass is 518 g/mol. The third-order valence-corrected chi connectivity index (χ3v) is 8.55. The first-order valence-electron chi connectivity index (χ1n) is 13.8. The minimum absolute atomic E-state index is 0.0537. The van der Waals surface area contributed by atoms with E-state index in [1.54, 1.807) is 12.1 Å². The van der Waals surface area contributed by atoms with Crippen LogP contribution in [0.4, 0.5) is 0 Å². The molecule has 7 heteroatoms. The minimum Gasteiger partial charge on any atom is -0.354 e. The quantitative estimate of drug-likeness (QED) is 0.444. The van der Waals surface area contributed by atoms with Crippen molar-refractivity contribution in [3.63, 3.8) is 0 Å². The van der Waals surface area contributed by atoms with Crippen molar-refractivity contribution in [2.75, 3.05) is 26.2 Å². The molecular weight excluding hydrogens is 484 g/mol. The fourth-order valence-electron chi connectivity index (χ4n) is 5.93. The second kappa shape index (κ2) is 10.6. The predicted molar refractivity (Wildman–Crippen MR) is 148 cm³/mol. The molecule has 2 aromatic carbocycles. The summed E-state index contributed by atoms with van der Waals surface area (Å²) in [5.41, 5.74) is 2.42. The van der Waals surface area contributed by atoms with Gasteiger partial charge in [-0.15, -0.1) is 0 Å². The number of benzene rings is 2. The van der Waals surface area contributed by atoms with E-state index in [0.717, 1.165) is 24.3 Å². The molecule has 2 aliphatic carbocycles. The van der Waals surface area contributed by atoms with Crippen molar-refractivity contribution < 1.29 is 4.79 Å². The summed E-state index contributed by atoms with van der Waals surface area (Å²) in [6.07, 6.45) is 8.70. The Morgan fingerprint density at radius 1 is 1.03 bits per heavy atom. The van der Waals surface area contributed by atoms with Crippen molar-refractivity contribution in [1.82, 2.24) is 19.8 Å². The summed E-state index contributed by atoms with van der Waals surface area (Å²) in [5, 5.41) is 4.14. The van der Waals surface area contributed by atoms with Gasteiger partial charge < -0.3 is 10.2 Å². The molecule has 0 radical (unpaired) electrons. The third kappa shape index (κ3) is 5.60. The molecule has 0 atom stereocenters. The molecule has 3 aliphatic rings. The van der Waals surface area contributed by atoms with E-state index in [1.807, 2.05) is 24.3 Å². The van der Waals surface area contributed by atoms with Crippen LogP contribution in [-0.2, 0) is 11.3 Å². The molecule has 2 heterocycles. The average molecular weight is 519 g/mol. The molecule has 6 nitrogen and oxygen atoms in total. The normalized spacial score (nSPS) is 22.1. The first-order valence-corrected chi connectivity index (χ1v) is 14.2. The van der Waals surface area contributed by atoms with Crippen LogP contribution in [0.2, 0.25) is 5.02 Å². The Bertz CT molecular complexity index is 1350. The van der Waals surface area contributed by atoms with Crippen LogP contribution in [0, 0.1) is 11.8 Å². The maximum absolute atomic E-state index is 13.8. The zero-order chi connectivity index (χ0) is 25.4. The smallest absolute Gasteiger partial charge is 0.262 e. The van der Waals surface area contributed by atoms with E-state index in [1.165, 1.54) is 61.9 Å². The molecule has 1 aliphatic heterocycles. The standard InChI is InChI=1S/C30H35ClN4O2/c31-25-6-4-5-23(15-25)29-33-27-10-9-22(24-13-21(14-24)18-34-11-2-1-3-12-34)16-26(27)30(37)35(29)19-28(36)32-17-20-7-8-20/h4-6,9-10,15-16,20-21,24H,1-3,7-8,11-14,17-19H2,(H,32,36). The van der Waals surface area contributed by atoms with Crippen LogP contribution >= 0.6 is 11.6 Å². The summed E-state index contributed by atoms with van der Waals surface area (Å²) in [7, 11) is 0. The molecule has 1 N–H and O–H groups in total. The number of nitrogens with one attached hydrogen (secondary N) is 1. The predicted octanol–water partition coefficient (Wildman–Crippen LogP) is 5.22. The number of carbonyl (C=O) groups excluding carboxylic acids is 1. The second-order valence-corrected chi connectivity index (χ2v) is 11.7. The highest BCUT2D eigenvalue weighted by Crippen LogP contribution is 2.42. The Kier molecular flexibility index (Phi) is 7.04. The minimum atomic E-state index is -0.174. The zero-order valence-electron chi connectivity index (χ0n) is 21.3. The Hall–Kier alpha value is -2.70. The van der Waals surface area contributed by atoms with Crippen LogP contribution in [0.15, 0.2) is 47.3 Å². The first-order chi connectivity index (χ1) is 18.0. The van der Waals surface area contributed by atoms with Gasteiger partial charge in [-0.1, -0.05) is 36.2 Å². The van der Waals surface area contributed by atoms with Crippen molar-refractivity contribution in [2.24, 2.45) is 11.8 Å². The number of carbonyl (C=O) groups is 1. The lowest BCUT2D eigenvalue weighted by Crippen LogP contribution is -2.38. The fourth-order valence-corrected chi connectivity index (χ4v) is 6.12. The van der Waals surface area contributed by atoms with E-state index in [2.05, 4.69) is 16.3 Å². The van der Waals surface area contributed by atoms with Crippen molar-refractivity contribution in [3.8, 4) is 11.4 Å². The van der Waals surface area contributed by atoms with Gasteiger partial charge in [-0.2, -0.15) is 0 Å². The summed E-state index contributed by atoms with van der Waals surface area (Å²) in [4.78, 5) is 34.1. The average Bonchev–Trinajstić information content (AvgIpc) is 3.71. The molecule has 0 bridgehead atoms. The van der Waals surface area contributed by atoms with Crippen LogP contribution in [-0.4, -0.2) is 46.5 Å². The second-order valence-electron chi connectivity index (χ2n) is 11.3. The van der Waals surface area contributed by atoms with Crippen molar-refractivity contribution in [3.05, 3.63) is 63.4 Å². The van der Waals surface area contributed by atoms with Gasteiger partial charge in [-0.05, 0) is 99.2 Å². The number of piperidine rings is 1. The van der Waals surface area contributed by atoms with E-state index in [-0.39, 0.29) is 18.0 Å². The van der Waals surface area contributed by atoms with Gasteiger partial charge >= 0.3 is 0 Å². The highest BCUT2D eigenvalue weighted by atomic mass is 35.5. The molecular formula is C30H35ClN4O2. The van der Waals surface area contributed by atoms with Crippen LogP contribution in [0.1, 0.15) is 56.4 Å². The van der Waals surface area contributed by atoms with Gasteiger partial charge in [-0.3, -0.25) is 14.2 Å². The van der Waals surface area contributed by atoms with E-state index in [4.69, 9.17) is 16.6 Å². The van der Waals surface area contributed by atoms with Gasteiger partial charge in [0.25, 0.3) is 5.56 Å². The van der Waals surface area contributed by atoms with Gasteiger partial charge in [0, 0.05) is 23.7 Å². The topological polar surface area (TPSA) is 67.2 Å². The van der Waals surface area contributed by atoms with Crippen molar-refractivity contribution >= 4 is 28.4 Å². The summed E-state index contributed by atoms with van der Waals surface area (Å²) in [6.45, 7) is 4.31. The van der Waals surface area contributed by atoms with Crippen LogP contribution in [0.3, 0.4) is 0 Å². The van der Waals surface area contributed by atoms with Crippen molar-refractivity contribution in [2.45, 2.75) is 57.4 Å². The number of hydrogen-bond acceptors (Lipinski definition) is 4. The van der Waals surface area contributed by atoms with Crippen LogP contribution < -0.4 is 10.9 Å². The van der Waals surface area contributed by atoms with Gasteiger partial charge in [0.05, 0.1) is 10.9 Å². The van der Waals surface area contributed by atoms with Gasteiger partial charge in [0.1, 0.15) is 12.4 Å². The highest BCUT2D eigenvalue weighted by Gasteiger charge is 2.32. The van der Waals surface area contributed by atoms with E-state index in [0.29, 0.717) is 40.1 Å². The van der Waals surface area contributed by atoms with Gasteiger partial charge in [-0.25, -0.2) is 4.98 Å². The molecule has 0 spiro atoms. The summed E-state index contributed by atoms with van der Waals surface area (Å²) in [5.74, 6) is 2.12. The Balaban J connectivity index is 1.27. The molecule has 37 heavy (non-hydrogen) atoms. The number of halogens is 1. The first kappa shape index (κ1) is 24.6. The molecule has 1 aromatic heterocycles. The largest absolute Gasteiger partial charge is 0.354 e. The summed E-state index contributed by atoms with van der Waals surface area (Å²) >= 11 is 6.26. The van der Waals surface area contributed by atoms with Gasteiger partial charge in [0.2, 0.25) is 5.91 Å². The molecule has 6 rings (SSSR count). The molecule has 2 saturated carbocycles. The number of hydrogen-bond donors (Lipinski definition) is 1. The molecule has 1 saturated heterocycles. The molecule has 194 valence electrons. The molecule has 3 fully saturated rings. The maximum Gasteiger partial charge on any atom is 0.262 e. The Morgan fingerprint density at radius 2 is 1.84 bits per heavy atom. The Labute approximate surface area is 223 Å². The van der Waals surface area contributed by atoms with Crippen LogP contribution in [0.5, 0.6) is 0 Å². The van der Waals surface area contributed by atoms with E-state index in [9.17, 15) is 9.59 Å². The highest BCUT2D eigenvalue weighted by molar-refractivity contribution is 6.30. The molecule has 0 unspecified atom stereocenters. The third-order valence-electron chi connectivity index (χ3n) is 8.32. The van der Waals surface area contributed by atoms with Crippen molar-refractivity contribution in [1.29, 1.82) is 0 Å². The number of aromatic nitrogens is 2. The fraction of sp³-hybridized carbons (Fsp3) is 0.500. The zero-order valence-corrected chi connectivity index (χ0v) is 22.1. The lowest BCUT2D eigenvalue weighted by molar-refractivity contribution is -0.121. The SMILES string of the molecule is O=C(Cn1c(-c2cccc(Cl)c2)nc2ccc(C3CC(CN4CCCCC4)C3)cc2c1=O)NCC1CC1. The number of likely N-dealkylation sites (tertiary alicyclic amines) is 1. The number of fused-ring (bicyclic) bond motifs is 1. The van der Waals surface area contributed by atoms with E-state index >= 15 is 0 Å². The molecule has 1 amide bonds. The van der Waals surface area contributed by atoms with Crippen LogP contribution in [0.25, 0.3) is 22.3 Å². The number of amides is 1. The number of nitrogens with zero attached hydrogens (tertiary/aromatic N) is 3. The number of rotatable bonds is 8. The summed E-state index contributed by atoms with van der Waals surface area (Å²) in [6, 6.07) is 13.4. The molecule has 3 aromatic rings. The lowest BCUT2D eigenvalue weighted by atomic mass is 9.71. The van der Waals surface area contributed by atoms with E-state index < -0.39 is 0 Å².